The third-order valence-electron chi connectivity index (χ3n) is 3.92. The molecule has 1 fully saturated rings. The Hall–Kier alpha value is -0.430. The van der Waals surface area contributed by atoms with Crippen molar-refractivity contribution in [2.24, 2.45) is 0 Å². The van der Waals surface area contributed by atoms with E-state index in [1.165, 1.54) is 6.42 Å². The summed E-state index contributed by atoms with van der Waals surface area (Å²) >= 11 is 3.45. The van der Waals surface area contributed by atoms with Crippen molar-refractivity contribution >= 4 is 15.9 Å². The number of halogens is 1. The van der Waals surface area contributed by atoms with Crippen LogP contribution in [-0.2, 0) is 16.0 Å². The summed E-state index contributed by atoms with van der Waals surface area (Å²) in [7, 11) is 3.38. The van der Waals surface area contributed by atoms with Gasteiger partial charge in [-0.15, -0.1) is 0 Å². The molecule has 0 aromatic carbocycles. The summed E-state index contributed by atoms with van der Waals surface area (Å²) in [5.41, 5.74) is 0.648. The maximum atomic E-state index is 10.5. The van der Waals surface area contributed by atoms with E-state index in [2.05, 4.69) is 21.0 Å². The van der Waals surface area contributed by atoms with Crippen molar-refractivity contribution in [2.75, 3.05) is 20.8 Å². The first-order valence-electron chi connectivity index (χ1n) is 6.55. The molecule has 1 aliphatic rings. The van der Waals surface area contributed by atoms with Gasteiger partial charge in [-0.2, -0.15) is 5.10 Å². The topological polar surface area (TPSA) is 56.5 Å². The van der Waals surface area contributed by atoms with Gasteiger partial charge in [0.25, 0.3) is 0 Å². The minimum Gasteiger partial charge on any atom is -0.387 e. The number of hydrogen-bond donors (Lipinski definition) is 1. The van der Waals surface area contributed by atoms with Crippen LogP contribution >= 0.6 is 15.9 Å². The number of ether oxygens (including phenoxy) is 2. The molecule has 1 aliphatic carbocycles. The van der Waals surface area contributed by atoms with Crippen molar-refractivity contribution in [3.8, 4) is 0 Å². The van der Waals surface area contributed by atoms with Gasteiger partial charge >= 0.3 is 0 Å². The largest absolute Gasteiger partial charge is 0.387 e. The Morgan fingerprint density at radius 1 is 1.53 bits per heavy atom. The second-order valence-electron chi connectivity index (χ2n) is 5.05. The molecule has 1 aromatic rings. The molecular formula is C13H21BrN2O3. The Kier molecular flexibility index (Phi) is 5.00. The fraction of sp³-hybridized carbons (Fsp3) is 0.769. The van der Waals surface area contributed by atoms with Crippen LogP contribution in [0.3, 0.4) is 0 Å². The van der Waals surface area contributed by atoms with E-state index in [1.807, 2.05) is 0 Å². The summed E-state index contributed by atoms with van der Waals surface area (Å²) in [6, 6.07) is 0. The van der Waals surface area contributed by atoms with E-state index in [0.717, 1.165) is 23.0 Å². The molecule has 1 aromatic heterocycles. The zero-order valence-electron chi connectivity index (χ0n) is 11.4. The van der Waals surface area contributed by atoms with Gasteiger partial charge in [-0.3, -0.25) is 4.68 Å². The van der Waals surface area contributed by atoms with E-state index < -0.39 is 6.10 Å². The molecule has 0 saturated heterocycles. The van der Waals surface area contributed by atoms with Gasteiger partial charge in [0.05, 0.1) is 41.2 Å². The molecule has 1 saturated carbocycles. The summed E-state index contributed by atoms with van der Waals surface area (Å²) in [4.78, 5) is 0. The van der Waals surface area contributed by atoms with Crippen LogP contribution in [0.25, 0.3) is 0 Å². The van der Waals surface area contributed by atoms with Crippen LogP contribution in [0.1, 0.15) is 37.5 Å². The standard InChI is InChI=1S/C13H21BrN2O3/c1-18-7-6-16-12(10(14)9-15-16)11(17)8-13(19-2)4-3-5-13/h9,11,17H,3-8H2,1-2H3. The van der Waals surface area contributed by atoms with Crippen LogP contribution in [0.15, 0.2) is 10.7 Å². The quantitative estimate of drug-likeness (QED) is 0.832. The number of aliphatic hydroxyl groups is 1. The lowest BCUT2D eigenvalue weighted by Crippen LogP contribution is -2.40. The number of nitrogens with zero attached hydrogens (tertiary/aromatic N) is 2. The first-order chi connectivity index (χ1) is 9.12. The summed E-state index contributed by atoms with van der Waals surface area (Å²) in [6.07, 6.45) is 4.96. The minimum atomic E-state index is -0.575. The number of rotatable bonds is 7. The Balaban J connectivity index is 2.09. The van der Waals surface area contributed by atoms with Crippen molar-refractivity contribution in [3.05, 3.63) is 16.4 Å². The molecular weight excluding hydrogens is 312 g/mol. The smallest absolute Gasteiger partial charge is 0.0995 e. The second kappa shape index (κ2) is 6.35. The maximum Gasteiger partial charge on any atom is 0.0995 e. The Labute approximate surface area is 122 Å². The zero-order chi connectivity index (χ0) is 13.9. The number of aromatic nitrogens is 2. The second-order valence-corrected chi connectivity index (χ2v) is 5.91. The first kappa shape index (κ1) is 15.0. The average molecular weight is 333 g/mol. The third-order valence-corrected chi connectivity index (χ3v) is 4.53. The van der Waals surface area contributed by atoms with Crippen LogP contribution in [0.5, 0.6) is 0 Å². The summed E-state index contributed by atoms with van der Waals surface area (Å²) in [5, 5.41) is 14.8. The van der Waals surface area contributed by atoms with Gasteiger partial charge in [0.2, 0.25) is 0 Å². The van der Waals surface area contributed by atoms with E-state index in [1.54, 1.807) is 25.1 Å². The van der Waals surface area contributed by atoms with Gasteiger partial charge in [-0.1, -0.05) is 0 Å². The van der Waals surface area contributed by atoms with Crippen molar-refractivity contribution in [3.63, 3.8) is 0 Å². The molecule has 0 bridgehead atoms. The molecule has 108 valence electrons. The molecule has 5 nitrogen and oxygen atoms in total. The van der Waals surface area contributed by atoms with Crippen molar-refractivity contribution in [1.82, 2.24) is 9.78 Å². The molecule has 0 aliphatic heterocycles. The molecule has 19 heavy (non-hydrogen) atoms. The first-order valence-corrected chi connectivity index (χ1v) is 7.34. The highest BCUT2D eigenvalue weighted by Crippen LogP contribution is 2.42. The van der Waals surface area contributed by atoms with E-state index in [4.69, 9.17) is 9.47 Å². The highest BCUT2D eigenvalue weighted by atomic mass is 79.9. The highest BCUT2D eigenvalue weighted by Gasteiger charge is 2.40. The van der Waals surface area contributed by atoms with Crippen molar-refractivity contribution < 1.29 is 14.6 Å². The van der Waals surface area contributed by atoms with Crippen LogP contribution < -0.4 is 0 Å². The SMILES string of the molecule is COCCn1ncc(Br)c1C(O)CC1(OC)CCC1. The lowest BCUT2D eigenvalue weighted by Gasteiger charge is -2.41. The fourth-order valence-corrected chi connectivity index (χ4v) is 3.13. The van der Waals surface area contributed by atoms with Crippen LogP contribution in [0.4, 0.5) is 0 Å². The zero-order valence-corrected chi connectivity index (χ0v) is 13.0. The molecule has 0 radical (unpaired) electrons. The molecule has 1 N–H and O–H groups in total. The normalized spacial score (nSPS) is 19.2. The van der Waals surface area contributed by atoms with Gasteiger partial charge in [0, 0.05) is 20.6 Å². The predicted octanol–water partition coefficient (Wildman–Crippen LogP) is 2.28. The summed E-state index contributed by atoms with van der Waals surface area (Å²) in [6.45, 7) is 1.21. The lowest BCUT2D eigenvalue weighted by atomic mass is 9.76. The molecule has 1 unspecified atom stereocenters. The van der Waals surface area contributed by atoms with Crippen molar-refractivity contribution in [1.29, 1.82) is 0 Å². The fourth-order valence-electron chi connectivity index (χ4n) is 2.57. The molecule has 6 heteroatoms. The third kappa shape index (κ3) is 3.18. The van der Waals surface area contributed by atoms with Gasteiger partial charge < -0.3 is 14.6 Å². The Morgan fingerprint density at radius 3 is 2.79 bits per heavy atom. The monoisotopic (exact) mass is 332 g/mol. The van der Waals surface area contributed by atoms with Gasteiger partial charge in [0.15, 0.2) is 0 Å². The number of methoxy groups -OCH3 is 2. The highest BCUT2D eigenvalue weighted by molar-refractivity contribution is 9.10. The predicted molar refractivity (Wildman–Crippen MR) is 75.0 cm³/mol. The Bertz CT molecular complexity index is 413. The van der Waals surface area contributed by atoms with E-state index >= 15 is 0 Å². The van der Waals surface area contributed by atoms with Crippen LogP contribution in [0, 0.1) is 0 Å². The molecule has 1 heterocycles. The maximum absolute atomic E-state index is 10.5. The van der Waals surface area contributed by atoms with Gasteiger partial charge in [-0.25, -0.2) is 0 Å². The minimum absolute atomic E-state index is 0.158. The molecule has 2 rings (SSSR count). The van der Waals surface area contributed by atoms with E-state index in [0.29, 0.717) is 19.6 Å². The van der Waals surface area contributed by atoms with Crippen LogP contribution in [-0.4, -0.2) is 41.3 Å². The number of aliphatic hydroxyl groups excluding tert-OH is 1. The van der Waals surface area contributed by atoms with E-state index in [-0.39, 0.29) is 5.60 Å². The lowest BCUT2D eigenvalue weighted by molar-refractivity contribution is -0.101. The molecule has 0 amide bonds. The van der Waals surface area contributed by atoms with Gasteiger partial charge in [-0.05, 0) is 35.2 Å². The van der Waals surface area contributed by atoms with E-state index in [9.17, 15) is 5.11 Å². The molecule has 1 atom stereocenters. The average Bonchev–Trinajstić information content (AvgIpc) is 2.72. The summed E-state index contributed by atoms with van der Waals surface area (Å²) in [5.74, 6) is 0. The van der Waals surface area contributed by atoms with Gasteiger partial charge in [0.1, 0.15) is 0 Å². The van der Waals surface area contributed by atoms with Crippen LogP contribution in [0.2, 0.25) is 0 Å². The van der Waals surface area contributed by atoms with Crippen molar-refractivity contribution in [2.45, 2.75) is 43.9 Å². The number of hydrogen-bond acceptors (Lipinski definition) is 4. The Morgan fingerprint density at radius 2 is 2.26 bits per heavy atom. The summed E-state index contributed by atoms with van der Waals surface area (Å²) < 4.78 is 13.3. The molecule has 0 spiro atoms.